The first-order valence-electron chi connectivity index (χ1n) is 6.86. The number of fused-ring (bicyclic) bond motifs is 1. The standard InChI is InChI=1S/C17H12N4O/c1-2-4-15(5-3-1)22-17-19-10-14(11-20-17)13-6-7-16-18-8-9-21(16)12-13/h1-12H. The molecule has 1 aromatic carbocycles. The zero-order chi connectivity index (χ0) is 14.8. The average Bonchev–Trinajstić information content (AvgIpc) is 3.04. The number of hydrogen-bond acceptors (Lipinski definition) is 4. The molecular weight excluding hydrogens is 276 g/mol. The van der Waals surface area contributed by atoms with Gasteiger partial charge >= 0.3 is 6.01 Å². The van der Waals surface area contributed by atoms with Gasteiger partial charge < -0.3 is 9.14 Å². The Hall–Kier alpha value is -3.21. The minimum Gasteiger partial charge on any atom is -0.424 e. The van der Waals surface area contributed by atoms with Crippen LogP contribution in [-0.2, 0) is 0 Å². The number of aromatic nitrogens is 4. The molecule has 0 fully saturated rings. The summed E-state index contributed by atoms with van der Waals surface area (Å²) in [5.74, 6) is 0.718. The molecule has 0 bridgehead atoms. The molecule has 5 heteroatoms. The van der Waals surface area contributed by atoms with E-state index in [0.717, 1.165) is 22.5 Å². The molecule has 0 radical (unpaired) electrons. The molecule has 0 spiro atoms. The van der Waals surface area contributed by atoms with Gasteiger partial charge in [-0.2, -0.15) is 0 Å². The molecule has 0 unspecified atom stereocenters. The summed E-state index contributed by atoms with van der Waals surface area (Å²) in [7, 11) is 0. The predicted molar refractivity (Wildman–Crippen MR) is 82.7 cm³/mol. The van der Waals surface area contributed by atoms with E-state index in [-0.39, 0.29) is 0 Å². The Balaban J connectivity index is 1.61. The highest BCUT2D eigenvalue weighted by molar-refractivity contribution is 5.63. The monoisotopic (exact) mass is 288 g/mol. The molecule has 0 saturated heterocycles. The van der Waals surface area contributed by atoms with Gasteiger partial charge in [0, 0.05) is 42.1 Å². The molecule has 0 aliphatic carbocycles. The zero-order valence-electron chi connectivity index (χ0n) is 11.6. The van der Waals surface area contributed by atoms with Crippen molar-refractivity contribution in [3.05, 3.63) is 73.4 Å². The van der Waals surface area contributed by atoms with Gasteiger partial charge in [0.15, 0.2) is 0 Å². The Morgan fingerprint density at radius 1 is 0.818 bits per heavy atom. The maximum atomic E-state index is 5.59. The Labute approximate surface area is 126 Å². The van der Waals surface area contributed by atoms with Crippen molar-refractivity contribution in [2.45, 2.75) is 0 Å². The van der Waals surface area contributed by atoms with Crippen LogP contribution >= 0.6 is 0 Å². The van der Waals surface area contributed by atoms with Crippen LogP contribution in [0.2, 0.25) is 0 Å². The number of hydrogen-bond donors (Lipinski definition) is 0. The lowest BCUT2D eigenvalue weighted by Crippen LogP contribution is -1.92. The van der Waals surface area contributed by atoms with E-state index in [9.17, 15) is 0 Å². The fraction of sp³-hybridized carbons (Fsp3) is 0. The summed E-state index contributed by atoms with van der Waals surface area (Å²) in [6.45, 7) is 0. The smallest absolute Gasteiger partial charge is 0.321 e. The van der Waals surface area contributed by atoms with E-state index < -0.39 is 0 Å². The number of ether oxygens (including phenoxy) is 1. The molecule has 3 aromatic heterocycles. The molecule has 22 heavy (non-hydrogen) atoms. The number of benzene rings is 1. The van der Waals surface area contributed by atoms with Crippen molar-refractivity contribution in [3.8, 4) is 22.9 Å². The molecule has 0 N–H and O–H groups in total. The van der Waals surface area contributed by atoms with Crippen molar-refractivity contribution in [2.24, 2.45) is 0 Å². The number of para-hydroxylation sites is 1. The zero-order valence-corrected chi connectivity index (χ0v) is 11.6. The molecule has 0 aliphatic rings. The SMILES string of the molecule is c1ccc(Oc2ncc(-c3ccc4nccn4c3)cn2)cc1. The lowest BCUT2D eigenvalue weighted by atomic mass is 10.1. The molecule has 5 nitrogen and oxygen atoms in total. The Morgan fingerprint density at radius 2 is 1.64 bits per heavy atom. The molecule has 3 heterocycles. The number of rotatable bonds is 3. The van der Waals surface area contributed by atoms with Crippen LogP contribution in [0.5, 0.6) is 11.8 Å². The summed E-state index contributed by atoms with van der Waals surface area (Å²) in [4.78, 5) is 12.7. The van der Waals surface area contributed by atoms with E-state index in [4.69, 9.17) is 4.74 Å². The Kier molecular flexibility index (Phi) is 3.01. The van der Waals surface area contributed by atoms with E-state index in [2.05, 4.69) is 15.0 Å². The molecule has 4 aromatic rings. The molecule has 0 amide bonds. The maximum Gasteiger partial charge on any atom is 0.321 e. The summed E-state index contributed by atoms with van der Waals surface area (Å²) in [5, 5.41) is 0. The van der Waals surface area contributed by atoms with Crippen LogP contribution in [0, 0.1) is 0 Å². The number of imidazole rings is 1. The van der Waals surface area contributed by atoms with Crippen LogP contribution in [0.25, 0.3) is 16.8 Å². The van der Waals surface area contributed by atoms with Gasteiger partial charge in [-0.15, -0.1) is 0 Å². The quantitative estimate of drug-likeness (QED) is 0.578. The van der Waals surface area contributed by atoms with Gasteiger partial charge in [-0.1, -0.05) is 18.2 Å². The second-order valence-electron chi connectivity index (χ2n) is 4.78. The van der Waals surface area contributed by atoms with Crippen molar-refractivity contribution < 1.29 is 4.74 Å². The van der Waals surface area contributed by atoms with E-state index in [1.165, 1.54) is 0 Å². The van der Waals surface area contributed by atoms with E-state index in [1.54, 1.807) is 18.6 Å². The summed E-state index contributed by atoms with van der Waals surface area (Å²) in [6.07, 6.45) is 9.18. The average molecular weight is 288 g/mol. The highest BCUT2D eigenvalue weighted by Gasteiger charge is 2.04. The number of pyridine rings is 1. The van der Waals surface area contributed by atoms with Gasteiger partial charge in [0.2, 0.25) is 0 Å². The molecule has 106 valence electrons. The summed E-state index contributed by atoms with van der Waals surface area (Å²) >= 11 is 0. The van der Waals surface area contributed by atoms with Gasteiger partial charge in [0.05, 0.1) is 0 Å². The third-order valence-corrected chi connectivity index (χ3v) is 3.30. The highest BCUT2D eigenvalue weighted by atomic mass is 16.5. The first-order chi connectivity index (χ1) is 10.9. The molecular formula is C17H12N4O. The van der Waals surface area contributed by atoms with Crippen LogP contribution < -0.4 is 4.74 Å². The first kappa shape index (κ1) is 12.5. The van der Waals surface area contributed by atoms with Gasteiger partial charge in [0.25, 0.3) is 0 Å². The van der Waals surface area contributed by atoms with Gasteiger partial charge in [-0.05, 0) is 24.3 Å². The minimum absolute atomic E-state index is 0.332. The van der Waals surface area contributed by atoms with Crippen LogP contribution in [0.4, 0.5) is 0 Å². The second-order valence-corrected chi connectivity index (χ2v) is 4.78. The van der Waals surface area contributed by atoms with Crippen molar-refractivity contribution in [2.75, 3.05) is 0 Å². The molecule has 0 atom stereocenters. The molecule has 4 rings (SSSR count). The van der Waals surface area contributed by atoms with E-state index >= 15 is 0 Å². The topological polar surface area (TPSA) is 52.3 Å². The molecule has 0 aliphatic heterocycles. The third kappa shape index (κ3) is 2.40. The van der Waals surface area contributed by atoms with Crippen molar-refractivity contribution in [1.82, 2.24) is 19.4 Å². The highest BCUT2D eigenvalue weighted by Crippen LogP contribution is 2.21. The lowest BCUT2D eigenvalue weighted by Gasteiger charge is -2.05. The fourth-order valence-electron chi connectivity index (χ4n) is 2.20. The summed E-state index contributed by atoms with van der Waals surface area (Å²) in [5.41, 5.74) is 2.86. The second kappa shape index (κ2) is 5.29. The van der Waals surface area contributed by atoms with Crippen LogP contribution in [-0.4, -0.2) is 19.4 Å². The Bertz CT molecular complexity index is 901. The van der Waals surface area contributed by atoms with Crippen molar-refractivity contribution >= 4 is 5.65 Å². The predicted octanol–water partition coefficient (Wildman–Crippen LogP) is 3.58. The van der Waals surface area contributed by atoms with Crippen LogP contribution in [0.3, 0.4) is 0 Å². The van der Waals surface area contributed by atoms with Crippen molar-refractivity contribution in [1.29, 1.82) is 0 Å². The van der Waals surface area contributed by atoms with Crippen LogP contribution in [0.15, 0.2) is 73.4 Å². The van der Waals surface area contributed by atoms with E-state index in [1.807, 2.05) is 59.3 Å². The fourth-order valence-corrected chi connectivity index (χ4v) is 2.20. The normalized spacial score (nSPS) is 10.7. The van der Waals surface area contributed by atoms with E-state index in [0.29, 0.717) is 6.01 Å². The van der Waals surface area contributed by atoms with Crippen molar-refractivity contribution in [3.63, 3.8) is 0 Å². The number of nitrogens with zero attached hydrogens (tertiary/aromatic N) is 4. The summed E-state index contributed by atoms with van der Waals surface area (Å²) in [6, 6.07) is 13.8. The Morgan fingerprint density at radius 3 is 2.45 bits per heavy atom. The maximum absolute atomic E-state index is 5.59. The first-order valence-corrected chi connectivity index (χ1v) is 6.86. The van der Waals surface area contributed by atoms with Crippen LogP contribution in [0.1, 0.15) is 0 Å². The third-order valence-electron chi connectivity index (χ3n) is 3.30. The van der Waals surface area contributed by atoms with Gasteiger partial charge in [-0.3, -0.25) is 0 Å². The summed E-state index contributed by atoms with van der Waals surface area (Å²) < 4.78 is 7.55. The lowest BCUT2D eigenvalue weighted by molar-refractivity contribution is 0.442. The largest absolute Gasteiger partial charge is 0.424 e. The minimum atomic E-state index is 0.332. The van der Waals surface area contributed by atoms with Gasteiger partial charge in [0.1, 0.15) is 11.4 Å². The van der Waals surface area contributed by atoms with Gasteiger partial charge in [-0.25, -0.2) is 15.0 Å². The molecule has 0 saturated carbocycles.